The van der Waals surface area contributed by atoms with Gasteiger partial charge in [-0.2, -0.15) is 0 Å². The van der Waals surface area contributed by atoms with Gasteiger partial charge >= 0.3 is 6.09 Å². The van der Waals surface area contributed by atoms with Gasteiger partial charge < -0.3 is 15.0 Å². The molecular weight excluding hydrogens is 408 g/mol. The maximum atomic E-state index is 14.1. The number of para-hydroxylation sites is 1. The Balaban J connectivity index is 1.67. The number of hydrogen-bond acceptors (Lipinski definition) is 4. The molecule has 3 amide bonds. The summed E-state index contributed by atoms with van der Waals surface area (Å²) in [5.41, 5.74) is -0.573. The monoisotopic (exact) mass is 431 g/mol. The number of benzene rings is 2. The van der Waals surface area contributed by atoms with E-state index >= 15 is 0 Å². The Morgan fingerprint density at radius 2 is 1.77 bits per heavy atom. The largest absolute Gasteiger partial charge is 0.444 e. The summed E-state index contributed by atoms with van der Waals surface area (Å²) in [4.78, 5) is 38.1. The first kappa shape index (κ1) is 22.2. The normalized spacial score (nSPS) is 16.2. The summed E-state index contributed by atoms with van der Waals surface area (Å²) in [7, 11) is 0. The van der Waals surface area contributed by atoms with Crippen molar-refractivity contribution in [3.63, 3.8) is 0 Å². The highest BCUT2D eigenvalue weighted by Crippen LogP contribution is 2.28. The number of carbonyl (C=O) groups is 3. The van der Waals surface area contributed by atoms with Crippen LogP contribution in [0.4, 0.5) is 30.6 Å². The first-order valence-electron chi connectivity index (χ1n) is 9.69. The van der Waals surface area contributed by atoms with Crippen molar-refractivity contribution in [1.29, 1.82) is 0 Å². The highest BCUT2D eigenvalue weighted by molar-refractivity contribution is 6.03. The van der Waals surface area contributed by atoms with Gasteiger partial charge in [0.2, 0.25) is 11.8 Å². The van der Waals surface area contributed by atoms with Gasteiger partial charge in [0.05, 0.1) is 17.3 Å². The zero-order valence-corrected chi connectivity index (χ0v) is 17.4. The quantitative estimate of drug-likeness (QED) is 0.756. The molecule has 2 aromatic carbocycles. The number of halogens is 2. The van der Waals surface area contributed by atoms with Crippen molar-refractivity contribution < 1.29 is 27.9 Å². The van der Waals surface area contributed by atoms with Gasteiger partial charge in [0, 0.05) is 18.7 Å². The van der Waals surface area contributed by atoms with Crippen LogP contribution < -0.4 is 15.5 Å². The average Bonchev–Trinajstić information content (AvgIpc) is 3.05. The number of nitrogens with one attached hydrogen (secondary N) is 2. The van der Waals surface area contributed by atoms with E-state index in [9.17, 15) is 23.2 Å². The molecule has 164 valence electrons. The molecule has 1 unspecified atom stereocenters. The molecule has 0 aliphatic carbocycles. The average molecular weight is 431 g/mol. The van der Waals surface area contributed by atoms with E-state index in [-0.39, 0.29) is 35.9 Å². The van der Waals surface area contributed by atoms with Crippen LogP contribution in [0.1, 0.15) is 27.2 Å². The first-order chi connectivity index (χ1) is 14.5. The molecule has 1 fully saturated rings. The lowest BCUT2D eigenvalue weighted by molar-refractivity contribution is -0.122. The van der Waals surface area contributed by atoms with Crippen molar-refractivity contribution in [2.45, 2.75) is 32.8 Å². The van der Waals surface area contributed by atoms with Crippen LogP contribution in [0, 0.1) is 17.6 Å². The Hall–Kier alpha value is -3.49. The molecule has 1 saturated heterocycles. The SMILES string of the molecule is CC(C)(C)OC(=O)Nc1cc(NC(=O)C2CC(=O)N(c3ccccc3F)C2)ccc1F. The molecule has 1 aliphatic heterocycles. The van der Waals surface area contributed by atoms with E-state index in [0.717, 1.165) is 6.07 Å². The molecule has 1 atom stereocenters. The molecular formula is C22H23F2N3O4. The molecule has 9 heteroatoms. The van der Waals surface area contributed by atoms with Crippen molar-refractivity contribution in [2.75, 3.05) is 22.1 Å². The van der Waals surface area contributed by atoms with Crippen LogP contribution in [-0.4, -0.2) is 30.1 Å². The van der Waals surface area contributed by atoms with Crippen LogP contribution in [0.2, 0.25) is 0 Å². The predicted octanol–water partition coefficient (Wildman–Crippen LogP) is 4.30. The van der Waals surface area contributed by atoms with E-state index in [1.54, 1.807) is 26.8 Å². The second-order valence-corrected chi connectivity index (χ2v) is 8.17. The second-order valence-electron chi connectivity index (χ2n) is 8.17. The predicted molar refractivity (Wildman–Crippen MR) is 112 cm³/mol. The van der Waals surface area contributed by atoms with Crippen LogP contribution in [0.5, 0.6) is 0 Å². The molecule has 1 aliphatic rings. The lowest BCUT2D eigenvalue weighted by Crippen LogP contribution is -2.29. The van der Waals surface area contributed by atoms with E-state index in [0.29, 0.717) is 0 Å². The second kappa shape index (κ2) is 8.71. The van der Waals surface area contributed by atoms with Crippen LogP contribution in [0.15, 0.2) is 42.5 Å². The fraction of sp³-hybridized carbons (Fsp3) is 0.318. The van der Waals surface area contributed by atoms with Crippen LogP contribution >= 0.6 is 0 Å². The Bertz CT molecular complexity index is 1020. The summed E-state index contributed by atoms with van der Waals surface area (Å²) < 4.78 is 33.2. The lowest BCUT2D eigenvalue weighted by Gasteiger charge is -2.20. The Labute approximate surface area is 178 Å². The van der Waals surface area contributed by atoms with E-state index in [1.807, 2.05) is 0 Å². The summed E-state index contributed by atoms with van der Waals surface area (Å²) >= 11 is 0. The number of nitrogens with zero attached hydrogens (tertiary/aromatic N) is 1. The zero-order valence-electron chi connectivity index (χ0n) is 17.4. The summed E-state index contributed by atoms with van der Waals surface area (Å²) in [5, 5.41) is 4.91. The number of hydrogen-bond donors (Lipinski definition) is 2. The molecule has 0 bridgehead atoms. The molecule has 0 aromatic heterocycles. The van der Waals surface area contributed by atoms with Gasteiger partial charge in [0.15, 0.2) is 0 Å². The molecule has 1 heterocycles. The maximum absolute atomic E-state index is 14.1. The molecule has 2 N–H and O–H groups in total. The van der Waals surface area contributed by atoms with E-state index in [2.05, 4.69) is 10.6 Å². The topological polar surface area (TPSA) is 87.7 Å². The van der Waals surface area contributed by atoms with Gasteiger partial charge in [-0.3, -0.25) is 14.9 Å². The van der Waals surface area contributed by atoms with Crippen molar-refractivity contribution in [1.82, 2.24) is 0 Å². The van der Waals surface area contributed by atoms with E-state index in [4.69, 9.17) is 4.74 Å². The number of ether oxygens (including phenoxy) is 1. The Kier molecular flexibility index (Phi) is 6.24. The summed E-state index contributed by atoms with van der Waals surface area (Å²) in [6.45, 7) is 5.04. The highest BCUT2D eigenvalue weighted by Gasteiger charge is 2.36. The lowest BCUT2D eigenvalue weighted by atomic mass is 10.1. The van der Waals surface area contributed by atoms with Gasteiger partial charge in [-0.25, -0.2) is 13.6 Å². The fourth-order valence-electron chi connectivity index (χ4n) is 3.14. The van der Waals surface area contributed by atoms with E-state index in [1.165, 1.54) is 35.2 Å². The third-order valence-electron chi connectivity index (χ3n) is 4.51. The Morgan fingerprint density at radius 3 is 2.45 bits per heavy atom. The third kappa shape index (κ3) is 5.56. The Morgan fingerprint density at radius 1 is 1.06 bits per heavy atom. The molecule has 2 aromatic rings. The van der Waals surface area contributed by atoms with Crippen molar-refractivity contribution in [3.05, 3.63) is 54.1 Å². The number of rotatable bonds is 4. The van der Waals surface area contributed by atoms with Gasteiger partial charge in [0.25, 0.3) is 0 Å². The van der Waals surface area contributed by atoms with Gasteiger partial charge in [-0.1, -0.05) is 12.1 Å². The summed E-state index contributed by atoms with van der Waals surface area (Å²) in [5.74, 6) is -2.79. The standard InChI is InChI=1S/C22H23F2N3O4/c1-22(2,3)31-21(30)26-17-11-14(8-9-15(17)23)25-20(29)13-10-19(28)27(12-13)18-7-5-4-6-16(18)24/h4-9,11,13H,10,12H2,1-3H3,(H,25,29)(H,26,30). The van der Waals surface area contributed by atoms with Crippen molar-refractivity contribution in [2.24, 2.45) is 5.92 Å². The van der Waals surface area contributed by atoms with Gasteiger partial charge in [-0.05, 0) is 51.1 Å². The zero-order chi connectivity index (χ0) is 22.8. The van der Waals surface area contributed by atoms with Crippen LogP contribution in [0.25, 0.3) is 0 Å². The van der Waals surface area contributed by atoms with E-state index < -0.39 is 35.2 Å². The molecule has 31 heavy (non-hydrogen) atoms. The minimum absolute atomic E-state index is 0.0236. The van der Waals surface area contributed by atoms with Crippen LogP contribution in [-0.2, 0) is 14.3 Å². The molecule has 0 spiro atoms. The molecule has 0 radical (unpaired) electrons. The summed E-state index contributed by atoms with van der Waals surface area (Å²) in [6.07, 6.45) is -0.915. The third-order valence-corrected chi connectivity index (χ3v) is 4.51. The van der Waals surface area contributed by atoms with Crippen molar-refractivity contribution in [3.8, 4) is 0 Å². The van der Waals surface area contributed by atoms with Crippen LogP contribution in [0.3, 0.4) is 0 Å². The van der Waals surface area contributed by atoms with Gasteiger partial charge in [0.1, 0.15) is 17.2 Å². The molecule has 0 saturated carbocycles. The minimum Gasteiger partial charge on any atom is -0.444 e. The maximum Gasteiger partial charge on any atom is 0.412 e. The minimum atomic E-state index is -0.836. The summed E-state index contributed by atoms with van der Waals surface area (Å²) in [6, 6.07) is 9.52. The molecule has 3 rings (SSSR count). The smallest absolute Gasteiger partial charge is 0.412 e. The fourth-order valence-corrected chi connectivity index (χ4v) is 3.14. The first-order valence-corrected chi connectivity index (χ1v) is 9.69. The highest BCUT2D eigenvalue weighted by atomic mass is 19.1. The molecule has 7 nitrogen and oxygen atoms in total. The number of carbonyl (C=O) groups excluding carboxylic acids is 3. The van der Waals surface area contributed by atoms with Crippen molar-refractivity contribution >= 4 is 35.0 Å². The number of amides is 3. The number of anilines is 3. The van der Waals surface area contributed by atoms with Gasteiger partial charge in [-0.15, -0.1) is 0 Å².